The number of hydrogen-bond donors (Lipinski definition) is 0. The van der Waals surface area contributed by atoms with Crippen molar-refractivity contribution in [2.75, 3.05) is 6.26 Å². The molecule has 1 saturated heterocycles. The normalized spacial score (nSPS) is 29.5. The molecule has 0 aromatic rings. The van der Waals surface area contributed by atoms with Crippen LogP contribution in [-0.4, -0.2) is 24.0 Å². The van der Waals surface area contributed by atoms with Crippen LogP contribution in [0.15, 0.2) is 0 Å². The molecule has 1 rings (SSSR count). The third-order valence-electron chi connectivity index (χ3n) is 2.71. The Morgan fingerprint density at radius 3 is 1.00 bits per heavy atom. The molecule has 17 heavy (non-hydrogen) atoms. The van der Waals surface area contributed by atoms with Gasteiger partial charge in [-0.3, -0.25) is 0 Å². The molecule has 0 unspecified atom stereocenters. The highest BCUT2D eigenvalue weighted by Crippen LogP contribution is 2.53. The fourth-order valence-electron chi connectivity index (χ4n) is 2.33. The quantitative estimate of drug-likeness (QED) is 0.266. The Labute approximate surface area is 105 Å². The predicted molar refractivity (Wildman–Crippen MR) is 70.0 cm³/mol. The summed E-state index contributed by atoms with van der Waals surface area (Å²) in [7, 11) is -5.33. The van der Waals surface area contributed by atoms with Crippen LogP contribution in [0, 0.1) is 10.8 Å². The first-order valence-electron chi connectivity index (χ1n) is 5.66. The maximum Gasteiger partial charge on any atom is 0.673 e. The SMILES string of the molecule is C[S+]1[C@H](C(C)(C)C)[C@H]1C(C)(C)C.F[B-](F)(F)F. The third-order valence-corrected chi connectivity index (χ3v) is 5.95. The minimum Gasteiger partial charge on any atom is -0.418 e. The van der Waals surface area contributed by atoms with Crippen LogP contribution in [0.2, 0.25) is 0 Å². The maximum atomic E-state index is 9.75. The lowest BCUT2D eigenvalue weighted by Crippen LogP contribution is -2.23. The van der Waals surface area contributed by atoms with E-state index in [2.05, 4.69) is 47.8 Å². The van der Waals surface area contributed by atoms with Crippen LogP contribution in [0.4, 0.5) is 17.3 Å². The van der Waals surface area contributed by atoms with E-state index >= 15 is 0 Å². The van der Waals surface area contributed by atoms with Crippen LogP contribution in [0.25, 0.3) is 0 Å². The maximum absolute atomic E-state index is 9.75. The largest absolute Gasteiger partial charge is 0.673 e. The van der Waals surface area contributed by atoms with Gasteiger partial charge < -0.3 is 17.3 Å². The molecule has 1 aliphatic heterocycles. The Hall–Kier alpha value is 0.135. The van der Waals surface area contributed by atoms with E-state index in [1.807, 2.05) is 0 Å². The van der Waals surface area contributed by atoms with Gasteiger partial charge in [0.1, 0.15) is 0 Å². The van der Waals surface area contributed by atoms with E-state index in [4.69, 9.17) is 0 Å². The first-order chi connectivity index (χ1) is 7.15. The zero-order valence-corrected chi connectivity index (χ0v) is 12.5. The van der Waals surface area contributed by atoms with Crippen LogP contribution < -0.4 is 0 Å². The summed E-state index contributed by atoms with van der Waals surface area (Å²) < 4.78 is 39.0. The van der Waals surface area contributed by atoms with Crippen molar-refractivity contribution >= 4 is 18.1 Å². The van der Waals surface area contributed by atoms with Crippen molar-refractivity contribution in [3.05, 3.63) is 0 Å². The molecule has 1 heterocycles. The van der Waals surface area contributed by atoms with Gasteiger partial charge in [-0.2, -0.15) is 0 Å². The Kier molecular flexibility index (Phi) is 5.06. The molecule has 1 fully saturated rings. The first-order valence-corrected chi connectivity index (χ1v) is 7.42. The molecule has 0 aromatic heterocycles. The monoisotopic (exact) mass is 274 g/mol. The van der Waals surface area contributed by atoms with E-state index in [-0.39, 0.29) is 0 Å². The summed E-state index contributed by atoms with van der Waals surface area (Å²) in [6, 6.07) is 0. The molecule has 0 aromatic carbocycles. The van der Waals surface area contributed by atoms with Gasteiger partial charge in [0.25, 0.3) is 0 Å². The standard InChI is InChI=1S/C11H23S.BF4/c1-10(2,3)8-9(12(8)7)11(4,5)6;2-1(3,4)5/h8-9H,1-7H3;/q+1;-1/t8-,9-;/m0./s1. The van der Waals surface area contributed by atoms with Crippen LogP contribution in [-0.2, 0) is 10.9 Å². The average molecular weight is 274 g/mol. The van der Waals surface area contributed by atoms with Gasteiger partial charge in [-0.05, 0) is 0 Å². The number of rotatable bonds is 0. The average Bonchev–Trinajstić information content (AvgIpc) is 2.53. The van der Waals surface area contributed by atoms with Crippen molar-refractivity contribution in [2.24, 2.45) is 10.8 Å². The molecule has 0 N–H and O–H groups in total. The Bertz CT molecular complexity index is 226. The summed E-state index contributed by atoms with van der Waals surface area (Å²) >= 11 is 0. The molecule has 0 spiro atoms. The minimum atomic E-state index is -6.00. The lowest BCUT2D eigenvalue weighted by molar-refractivity contribution is 0.335. The molecule has 2 atom stereocenters. The summed E-state index contributed by atoms with van der Waals surface area (Å²) in [6.07, 6.45) is 2.44. The molecule has 0 amide bonds. The smallest absolute Gasteiger partial charge is 0.418 e. The van der Waals surface area contributed by atoms with E-state index in [1.165, 1.54) is 0 Å². The fraction of sp³-hybridized carbons (Fsp3) is 1.00. The van der Waals surface area contributed by atoms with Gasteiger partial charge in [-0.15, -0.1) is 0 Å². The summed E-state index contributed by atoms with van der Waals surface area (Å²) in [5.74, 6) is 0. The van der Waals surface area contributed by atoms with Crippen molar-refractivity contribution in [3.8, 4) is 0 Å². The zero-order valence-electron chi connectivity index (χ0n) is 11.7. The highest BCUT2D eigenvalue weighted by atomic mass is 32.2. The lowest BCUT2D eigenvalue weighted by Gasteiger charge is -2.16. The van der Waals surface area contributed by atoms with Crippen LogP contribution >= 0.6 is 0 Å². The molecule has 0 nitrogen and oxygen atoms in total. The summed E-state index contributed by atoms with van der Waals surface area (Å²) in [5.41, 5.74) is 1.05. The summed E-state index contributed by atoms with van der Waals surface area (Å²) in [6.45, 7) is 14.3. The van der Waals surface area contributed by atoms with Gasteiger partial charge in [0, 0.05) is 21.7 Å². The highest BCUT2D eigenvalue weighted by molar-refractivity contribution is 8.04. The minimum absolute atomic E-state index is 0.524. The van der Waals surface area contributed by atoms with Gasteiger partial charge in [-0.25, -0.2) is 0 Å². The second-order valence-corrected chi connectivity index (χ2v) is 8.91. The summed E-state index contributed by atoms with van der Waals surface area (Å²) in [5, 5.41) is 1.94. The van der Waals surface area contributed by atoms with Crippen molar-refractivity contribution in [1.29, 1.82) is 0 Å². The van der Waals surface area contributed by atoms with Crippen molar-refractivity contribution in [3.63, 3.8) is 0 Å². The van der Waals surface area contributed by atoms with Crippen LogP contribution in [0.3, 0.4) is 0 Å². The van der Waals surface area contributed by atoms with E-state index < -0.39 is 7.25 Å². The van der Waals surface area contributed by atoms with E-state index in [0.717, 1.165) is 10.5 Å². The van der Waals surface area contributed by atoms with Gasteiger partial charge in [-0.1, -0.05) is 41.5 Å². The first kappa shape index (κ1) is 17.1. The number of halogens is 4. The third kappa shape index (κ3) is 6.58. The van der Waals surface area contributed by atoms with E-state index in [0.29, 0.717) is 21.7 Å². The van der Waals surface area contributed by atoms with Gasteiger partial charge in [0.05, 0.1) is 6.26 Å². The molecular formula is C11H23BF4S. The van der Waals surface area contributed by atoms with E-state index in [9.17, 15) is 17.3 Å². The Balaban J connectivity index is 0.000000437. The van der Waals surface area contributed by atoms with Gasteiger partial charge >= 0.3 is 7.25 Å². The Morgan fingerprint density at radius 1 is 0.765 bits per heavy atom. The van der Waals surface area contributed by atoms with Crippen LogP contribution in [0.1, 0.15) is 41.5 Å². The molecule has 1 aliphatic rings. The van der Waals surface area contributed by atoms with Gasteiger partial charge in [0.2, 0.25) is 0 Å². The molecule has 104 valence electrons. The highest BCUT2D eigenvalue weighted by Gasteiger charge is 2.69. The molecule has 0 aliphatic carbocycles. The van der Waals surface area contributed by atoms with Gasteiger partial charge in [0.15, 0.2) is 10.5 Å². The zero-order chi connectivity index (χ0) is 14.2. The molecule has 0 saturated carbocycles. The Morgan fingerprint density at radius 2 is 0.941 bits per heavy atom. The lowest BCUT2D eigenvalue weighted by atomic mass is 9.81. The van der Waals surface area contributed by atoms with Crippen molar-refractivity contribution in [2.45, 2.75) is 52.0 Å². The summed E-state index contributed by atoms with van der Waals surface area (Å²) in [4.78, 5) is 0. The molecule has 0 bridgehead atoms. The van der Waals surface area contributed by atoms with Crippen molar-refractivity contribution < 1.29 is 17.3 Å². The second kappa shape index (κ2) is 5.02. The topological polar surface area (TPSA) is 0 Å². The second-order valence-electron chi connectivity index (χ2n) is 6.68. The fourth-order valence-corrected chi connectivity index (χ4v) is 6.32. The molecular weight excluding hydrogens is 251 g/mol. The molecule has 0 radical (unpaired) electrons. The van der Waals surface area contributed by atoms with E-state index in [1.54, 1.807) is 0 Å². The number of hydrogen-bond acceptors (Lipinski definition) is 0. The molecule has 6 heteroatoms. The van der Waals surface area contributed by atoms with Crippen LogP contribution in [0.5, 0.6) is 0 Å². The predicted octanol–water partition coefficient (Wildman–Crippen LogP) is 4.38. The van der Waals surface area contributed by atoms with Crippen molar-refractivity contribution in [1.82, 2.24) is 0 Å².